The maximum atomic E-state index is 6.25. The molecule has 5 nitrogen and oxygen atoms in total. The summed E-state index contributed by atoms with van der Waals surface area (Å²) in [4.78, 5) is 4.46. The predicted octanol–water partition coefficient (Wildman–Crippen LogP) is 2.56. The van der Waals surface area contributed by atoms with Gasteiger partial charge in [-0.25, -0.2) is 4.98 Å². The molecule has 1 aliphatic carbocycles. The number of nitrogens with one attached hydrogen (secondary N) is 1. The van der Waals surface area contributed by atoms with Gasteiger partial charge in [-0.3, -0.25) is 4.68 Å². The number of likely N-dealkylation sites (N-methyl/N-ethyl adjacent to an activating group) is 1. The second-order valence-corrected chi connectivity index (χ2v) is 6.00. The third-order valence-corrected chi connectivity index (χ3v) is 4.63. The van der Waals surface area contributed by atoms with Gasteiger partial charge in [0.15, 0.2) is 0 Å². The summed E-state index contributed by atoms with van der Waals surface area (Å²) in [5.74, 6) is 1.07. The van der Waals surface area contributed by atoms with Crippen molar-refractivity contribution in [1.82, 2.24) is 20.1 Å². The minimum absolute atomic E-state index is 0.0370. The summed E-state index contributed by atoms with van der Waals surface area (Å²) in [5, 5.41) is 7.84. The summed E-state index contributed by atoms with van der Waals surface area (Å²) in [6.07, 6.45) is 9.79. The molecular weight excluding hydrogens is 264 g/mol. The Balaban J connectivity index is 2.14. The van der Waals surface area contributed by atoms with Crippen LogP contribution in [0.5, 0.6) is 0 Å². The van der Waals surface area contributed by atoms with E-state index in [-0.39, 0.29) is 5.60 Å². The standard InChI is InChI=1S/C16H30N4O/c1-4-11-20-15(18-13-19-20)12-14(17-3)16(21-5-2)9-7-6-8-10-16/h13-14,17H,4-12H2,1-3H3. The van der Waals surface area contributed by atoms with Crippen molar-refractivity contribution in [2.45, 2.75) is 77.0 Å². The van der Waals surface area contributed by atoms with Gasteiger partial charge in [0.1, 0.15) is 12.2 Å². The molecule has 1 atom stereocenters. The highest BCUT2D eigenvalue weighted by molar-refractivity contribution is 5.01. The van der Waals surface area contributed by atoms with Gasteiger partial charge < -0.3 is 10.1 Å². The van der Waals surface area contributed by atoms with E-state index in [1.54, 1.807) is 6.33 Å². The van der Waals surface area contributed by atoms with Gasteiger partial charge in [0.2, 0.25) is 0 Å². The van der Waals surface area contributed by atoms with Crippen molar-refractivity contribution in [2.24, 2.45) is 0 Å². The molecule has 120 valence electrons. The van der Waals surface area contributed by atoms with E-state index in [9.17, 15) is 0 Å². The molecule has 1 N–H and O–H groups in total. The number of aryl methyl sites for hydroxylation is 1. The molecule has 1 aliphatic rings. The van der Waals surface area contributed by atoms with Crippen LogP contribution >= 0.6 is 0 Å². The van der Waals surface area contributed by atoms with Crippen LogP contribution in [0, 0.1) is 0 Å². The van der Waals surface area contributed by atoms with Crippen LogP contribution in [0.4, 0.5) is 0 Å². The number of aromatic nitrogens is 3. The summed E-state index contributed by atoms with van der Waals surface area (Å²) in [6, 6.07) is 0.303. The van der Waals surface area contributed by atoms with Crippen molar-refractivity contribution in [2.75, 3.05) is 13.7 Å². The van der Waals surface area contributed by atoms with Crippen LogP contribution in [-0.4, -0.2) is 40.1 Å². The van der Waals surface area contributed by atoms with E-state index in [1.807, 2.05) is 11.7 Å². The van der Waals surface area contributed by atoms with E-state index in [0.717, 1.165) is 44.7 Å². The summed E-state index contributed by atoms with van der Waals surface area (Å²) in [6.45, 7) is 5.99. The van der Waals surface area contributed by atoms with Gasteiger partial charge in [0, 0.05) is 25.6 Å². The van der Waals surface area contributed by atoms with Crippen molar-refractivity contribution in [3.8, 4) is 0 Å². The molecule has 1 saturated carbocycles. The summed E-state index contributed by atoms with van der Waals surface area (Å²) in [5.41, 5.74) is -0.0370. The Hall–Kier alpha value is -0.940. The zero-order valence-corrected chi connectivity index (χ0v) is 13.8. The molecule has 1 unspecified atom stereocenters. The van der Waals surface area contributed by atoms with E-state index >= 15 is 0 Å². The maximum absolute atomic E-state index is 6.25. The number of hydrogen-bond donors (Lipinski definition) is 1. The van der Waals surface area contributed by atoms with Crippen molar-refractivity contribution in [1.29, 1.82) is 0 Å². The number of nitrogens with zero attached hydrogens (tertiary/aromatic N) is 3. The predicted molar refractivity (Wildman–Crippen MR) is 84.3 cm³/mol. The third kappa shape index (κ3) is 3.83. The molecule has 0 saturated heterocycles. The van der Waals surface area contributed by atoms with Crippen LogP contribution in [0.15, 0.2) is 6.33 Å². The smallest absolute Gasteiger partial charge is 0.138 e. The second-order valence-electron chi connectivity index (χ2n) is 6.00. The minimum atomic E-state index is -0.0370. The normalized spacial score (nSPS) is 19.6. The summed E-state index contributed by atoms with van der Waals surface area (Å²) < 4.78 is 8.29. The molecule has 0 aliphatic heterocycles. The highest BCUT2D eigenvalue weighted by Gasteiger charge is 2.40. The Morgan fingerprint density at radius 3 is 2.71 bits per heavy atom. The molecule has 2 rings (SSSR count). The van der Waals surface area contributed by atoms with E-state index in [1.165, 1.54) is 19.3 Å². The monoisotopic (exact) mass is 294 g/mol. The van der Waals surface area contributed by atoms with Gasteiger partial charge in [-0.05, 0) is 33.2 Å². The number of rotatable bonds is 8. The van der Waals surface area contributed by atoms with E-state index in [2.05, 4.69) is 29.2 Å². The van der Waals surface area contributed by atoms with Crippen molar-refractivity contribution in [3.05, 3.63) is 12.2 Å². The van der Waals surface area contributed by atoms with Crippen LogP contribution in [0.3, 0.4) is 0 Å². The molecule has 0 spiro atoms. The fourth-order valence-electron chi connectivity index (χ4n) is 3.61. The molecule has 0 radical (unpaired) electrons. The first-order chi connectivity index (χ1) is 10.3. The molecule has 5 heteroatoms. The summed E-state index contributed by atoms with van der Waals surface area (Å²) in [7, 11) is 2.04. The molecular formula is C16H30N4O. The SMILES string of the molecule is CCCn1ncnc1CC(NC)C1(OCC)CCCCC1. The van der Waals surface area contributed by atoms with Gasteiger partial charge in [-0.2, -0.15) is 5.10 Å². The van der Waals surface area contributed by atoms with Crippen molar-refractivity contribution < 1.29 is 4.74 Å². The Morgan fingerprint density at radius 1 is 1.33 bits per heavy atom. The molecule has 1 aromatic rings. The molecule has 1 fully saturated rings. The van der Waals surface area contributed by atoms with Crippen molar-refractivity contribution in [3.63, 3.8) is 0 Å². The first kappa shape index (κ1) is 16.4. The molecule has 0 bridgehead atoms. The lowest BCUT2D eigenvalue weighted by molar-refractivity contribution is -0.0888. The lowest BCUT2D eigenvalue weighted by Crippen LogP contribution is -2.54. The van der Waals surface area contributed by atoms with Gasteiger partial charge in [-0.1, -0.05) is 26.2 Å². The zero-order chi connectivity index (χ0) is 15.1. The maximum Gasteiger partial charge on any atom is 0.138 e. The molecule has 1 aromatic heterocycles. The Kier molecular flexibility index (Phi) is 6.18. The molecule has 0 amide bonds. The third-order valence-electron chi connectivity index (χ3n) is 4.63. The van der Waals surface area contributed by atoms with Crippen LogP contribution in [0.2, 0.25) is 0 Å². The first-order valence-corrected chi connectivity index (χ1v) is 8.43. The average Bonchev–Trinajstić information content (AvgIpc) is 2.93. The molecule has 21 heavy (non-hydrogen) atoms. The van der Waals surface area contributed by atoms with Crippen LogP contribution in [0.25, 0.3) is 0 Å². The summed E-state index contributed by atoms with van der Waals surface area (Å²) >= 11 is 0. The van der Waals surface area contributed by atoms with Gasteiger partial charge in [0.05, 0.1) is 5.60 Å². The topological polar surface area (TPSA) is 52.0 Å². The van der Waals surface area contributed by atoms with E-state index in [0.29, 0.717) is 6.04 Å². The Morgan fingerprint density at radius 2 is 2.10 bits per heavy atom. The molecule has 1 heterocycles. The minimum Gasteiger partial charge on any atom is -0.374 e. The zero-order valence-electron chi connectivity index (χ0n) is 13.8. The fraction of sp³-hybridized carbons (Fsp3) is 0.875. The quantitative estimate of drug-likeness (QED) is 0.800. The number of hydrogen-bond acceptors (Lipinski definition) is 4. The number of ether oxygens (including phenoxy) is 1. The lowest BCUT2D eigenvalue weighted by Gasteiger charge is -2.43. The van der Waals surface area contributed by atoms with Crippen LogP contribution in [0.1, 0.15) is 58.2 Å². The van der Waals surface area contributed by atoms with Crippen LogP contribution < -0.4 is 5.32 Å². The second kappa shape index (κ2) is 7.90. The fourth-order valence-corrected chi connectivity index (χ4v) is 3.61. The van der Waals surface area contributed by atoms with E-state index in [4.69, 9.17) is 4.74 Å². The van der Waals surface area contributed by atoms with Gasteiger partial charge in [0.25, 0.3) is 0 Å². The van der Waals surface area contributed by atoms with Crippen molar-refractivity contribution >= 4 is 0 Å². The lowest BCUT2D eigenvalue weighted by atomic mass is 9.78. The Bertz CT molecular complexity index is 407. The van der Waals surface area contributed by atoms with E-state index < -0.39 is 0 Å². The van der Waals surface area contributed by atoms with Gasteiger partial charge in [-0.15, -0.1) is 0 Å². The molecule has 0 aromatic carbocycles. The van der Waals surface area contributed by atoms with Crippen LogP contribution in [-0.2, 0) is 17.7 Å². The highest BCUT2D eigenvalue weighted by Crippen LogP contribution is 2.35. The highest BCUT2D eigenvalue weighted by atomic mass is 16.5. The first-order valence-electron chi connectivity index (χ1n) is 8.43. The van der Waals surface area contributed by atoms with Gasteiger partial charge >= 0.3 is 0 Å². The Labute approximate surface area is 128 Å². The largest absolute Gasteiger partial charge is 0.374 e. The average molecular weight is 294 g/mol.